The zero-order chi connectivity index (χ0) is 49.7. The van der Waals surface area contributed by atoms with E-state index >= 15 is 0 Å². The van der Waals surface area contributed by atoms with E-state index in [0.29, 0.717) is 0 Å². The molecule has 0 aliphatic carbocycles. The summed E-state index contributed by atoms with van der Waals surface area (Å²) in [4.78, 5) is 5.43. The first-order chi connectivity index (χ1) is 34.2. The van der Waals surface area contributed by atoms with Gasteiger partial charge in [-0.15, -0.1) is 22.7 Å². The maximum Gasteiger partial charge on any atom is 0.264 e. The fourth-order valence-corrected chi connectivity index (χ4v) is 14.6. The Morgan fingerprint density at radius 3 is 1.72 bits per heavy atom. The monoisotopic (exact) mass is 969 g/mol. The van der Waals surface area contributed by atoms with Crippen molar-refractivity contribution in [3.05, 3.63) is 168 Å². The van der Waals surface area contributed by atoms with Gasteiger partial charge in [0.2, 0.25) is 0 Å². The average molecular weight is 970 g/mol. The van der Waals surface area contributed by atoms with Crippen LogP contribution in [0.3, 0.4) is 0 Å². The van der Waals surface area contributed by atoms with E-state index in [0.717, 1.165) is 0 Å². The van der Waals surface area contributed by atoms with E-state index in [2.05, 4.69) is 243 Å². The Morgan fingerprint density at radius 1 is 0.389 bits per heavy atom. The first kappa shape index (κ1) is 44.1. The van der Waals surface area contributed by atoms with Crippen molar-refractivity contribution < 1.29 is 0 Å². The predicted molar refractivity (Wildman–Crippen MR) is 317 cm³/mol. The molecule has 3 nitrogen and oxygen atoms in total. The number of fused-ring (bicyclic) bond motifs is 14. The standard InChI is InChI=1S/C66H60BN3S2/c1-63(2,3)39-23-25-50-45(29-39)47-30-40(64(4,5)6)34-53-59(47)69(50)54-35-41(65(7,8)9)31-49-61(54)70(53)52-33-42(66(10,11)12)32-51-58(52)67(49)62-60(48-28-38(22-26-57(48)72-62)37-18-14-13-15-19-37)68(51)43-24-27-56-46(36-43)44-20-16-17-21-55(44)71-56/h13-36H,1-12H3. The van der Waals surface area contributed by atoms with E-state index in [1.807, 2.05) is 22.7 Å². The van der Waals surface area contributed by atoms with Crippen molar-refractivity contribution in [3.8, 4) is 16.8 Å². The molecule has 8 aromatic carbocycles. The van der Waals surface area contributed by atoms with Gasteiger partial charge in [-0.05, 0) is 145 Å². The second-order valence-electron chi connectivity index (χ2n) is 25.1. The third kappa shape index (κ3) is 6.21. The van der Waals surface area contributed by atoms with Gasteiger partial charge in [-0.3, -0.25) is 0 Å². The van der Waals surface area contributed by atoms with Crippen LogP contribution in [0, 0.1) is 0 Å². The minimum Gasteiger partial charge on any atom is -0.310 e. The molecular formula is C66H60BN3S2. The second kappa shape index (κ2) is 14.5. The number of hydrogen-bond donors (Lipinski definition) is 0. The highest BCUT2D eigenvalue weighted by Gasteiger charge is 2.49. The summed E-state index contributed by atoms with van der Waals surface area (Å²) < 4.78 is 8.03. The number of benzene rings is 8. The van der Waals surface area contributed by atoms with Crippen LogP contribution in [0.2, 0.25) is 0 Å². The summed E-state index contributed by atoms with van der Waals surface area (Å²) >= 11 is 3.89. The van der Waals surface area contributed by atoms with Crippen molar-refractivity contribution in [2.75, 3.05) is 9.80 Å². The van der Waals surface area contributed by atoms with Crippen LogP contribution in [0.15, 0.2) is 146 Å². The van der Waals surface area contributed by atoms with Gasteiger partial charge in [0.05, 0.1) is 33.8 Å². The zero-order valence-corrected chi connectivity index (χ0v) is 45.2. The second-order valence-corrected chi connectivity index (χ2v) is 27.3. The normalized spacial score (nSPS) is 14.3. The van der Waals surface area contributed by atoms with E-state index in [4.69, 9.17) is 0 Å². The van der Waals surface area contributed by atoms with Crippen molar-refractivity contribution in [1.29, 1.82) is 0 Å². The molecule has 0 fully saturated rings. The van der Waals surface area contributed by atoms with E-state index in [-0.39, 0.29) is 28.4 Å². The Balaban J connectivity index is 1.17. The molecule has 3 aliphatic heterocycles. The van der Waals surface area contributed by atoms with Gasteiger partial charge in [0, 0.05) is 62.9 Å². The van der Waals surface area contributed by atoms with Crippen LogP contribution < -0.4 is 25.5 Å². The quantitative estimate of drug-likeness (QED) is 0.160. The van der Waals surface area contributed by atoms with Gasteiger partial charge in [-0.1, -0.05) is 150 Å². The summed E-state index contributed by atoms with van der Waals surface area (Å²) in [6.07, 6.45) is 0. The molecule has 0 unspecified atom stereocenters. The lowest BCUT2D eigenvalue weighted by Crippen LogP contribution is -2.61. The molecule has 0 radical (unpaired) electrons. The molecular weight excluding hydrogens is 910 g/mol. The minimum atomic E-state index is -0.145. The molecule has 6 heteroatoms. The van der Waals surface area contributed by atoms with Gasteiger partial charge < -0.3 is 14.4 Å². The predicted octanol–water partition coefficient (Wildman–Crippen LogP) is 17.6. The molecule has 0 saturated carbocycles. The van der Waals surface area contributed by atoms with Gasteiger partial charge in [0.15, 0.2) is 0 Å². The fraction of sp³-hybridized carbons (Fsp3) is 0.242. The highest BCUT2D eigenvalue weighted by atomic mass is 32.1. The first-order valence-electron chi connectivity index (χ1n) is 25.9. The van der Waals surface area contributed by atoms with Crippen LogP contribution in [0.4, 0.5) is 34.1 Å². The number of thiophene rings is 2. The van der Waals surface area contributed by atoms with Gasteiger partial charge in [-0.25, -0.2) is 0 Å². The SMILES string of the molecule is CC(C)(C)c1cc2c3c(c1)N1c4c(cc(C(C)(C)C)cc4-n4c5ccc(C(C)(C)C)cc5c5cc(C(C)(C)C)cc1c54)B3c1sc3ccc(-c4ccccc4)cc3c1N2c1ccc2sc3ccccc3c2c1. The van der Waals surface area contributed by atoms with Crippen LogP contribution in [-0.4, -0.2) is 11.3 Å². The Labute approximate surface area is 432 Å². The Hall–Kier alpha value is -6.60. The van der Waals surface area contributed by atoms with Crippen molar-refractivity contribution in [1.82, 2.24) is 4.57 Å². The summed E-state index contributed by atoms with van der Waals surface area (Å²) in [5.41, 5.74) is 21.8. The molecule has 0 spiro atoms. The summed E-state index contributed by atoms with van der Waals surface area (Å²) in [6.45, 7) is 28.5. The zero-order valence-electron chi connectivity index (χ0n) is 43.6. The molecule has 14 rings (SSSR count). The largest absolute Gasteiger partial charge is 0.310 e. The van der Waals surface area contributed by atoms with Gasteiger partial charge in [0.1, 0.15) is 0 Å². The molecule has 11 aromatic rings. The fourth-order valence-electron chi connectivity index (χ4n) is 12.3. The topological polar surface area (TPSA) is 11.4 Å². The smallest absolute Gasteiger partial charge is 0.264 e. The summed E-state index contributed by atoms with van der Waals surface area (Å²) in [5, 5.41) is 6.59. The minimum absolute atomic E-state index is 0.00457. The van der Waals surface area contributed by atoms with Crippen LogP contribution in [0.1, 0.15) is 105 Å². The molecule has 0 atom stereocenters. The lowest BCUT2D eigenvalue weighted by molar-refractivity contribution is 0.589. The van der Waals surface area contributed by atoms with E-state index in [9.17, 15) is 0 Å². The van der Waals surface area contributed by atoms with E-state index < -0.39 is 0 Å². The third-order valence-electron chi connectivity index (χ3n) is 16.2. The summed E-state index contributed by atoms with van der Waals surface area (Å²) in [7, 11) is 0. The molecule has 0 N–H and O–H groups in total. The number of anilines is 6. The molecule has 3 aromatic heterocycles. The molecule has 6 heterocycles. The van der Waals surface area contributed by atoms with Gasteiger partial charge in [0.25, 0.3) is 6.71 Å². The molecule has 354 valence electrons. The highest BCUT2D eigenvalue weighted by Crippen LogP contribution is 2.56. The third-order valence-corrected chi connectivity index (χ3v) is 18.6. The van der Waals surface area contributed by atoms with Crippen molar-refractivity contribution in [2.45, 2.75) is 105 Å². The van der Waals surface area contributed by atoms with Crippen LogP contribution in [0.25, 0.3) is 68.9 Å². The summed E-state index contributed by atoms with van der Waals surface area (Å²) in [6, 6.07) is 57.1. The molecule has 72 heavy (non-hydrogen) atoms. The van der Waals surface area contributed by atoms with Gasteiger partial charge in [-0.2, -0.15) is 0 Å². The van der Waals surface area contributed by atoms with Crippen molar-refractivity contribution in [2.24, 2.45) is 0 Å². The highest BCUT2D eigenvalue weighted by molar-refractivity contribution is 7.33. The van der Waals surface area contributed by atoms with E-state index in [1.54, 1.807) is 0 Å². The maximum absolute atomic E-state index is 2.74. The summed E-state index contributed by atoms with van der Waals surface area (Å²) in [5.74, 6) is 0. The maximum atomic E-state index is 2.74. The molecule has 0 saturated heterocycles. The van der Waals surface area contributed by atoms with Crippen molar-refractivity contribution >= 4 is 131 Å². The number of nitrogens with zero attached hydrogens (tertiary/aromatic N) is 3. The van der Waals surface area contributed by atoms with Crippen LogP contribution in [-0.2, 0) is 21.7 Å². The van der Waals surface area contributed by atoms with Crippen LogP contribution in [0.5, 0.6) is 0 Å². The first-order valence-corrected chi connectivity index (χ1v) is 27.5. The number of rotatable bonds is 2. The number of aromatic nitrogens is 1. The lowest BCUT2D eigenvalue weighted by Gasteiger charge is -2.46. The molecule has 3 aliphatic rings. The Kier molecular flexibility index (Phi) is 8.92. The molecule has 0 bridgehead atoms. The number of hydrogen-bond acceptors (Lipinski definition) is 4. The Bertz CT molecular complexity index is 4160. The average Bonchev–Trinajstić information content (AvgIpc) is 4.02. The van der Waals surface area contributed by atoms with Gasteiger partial charge >= 0.3 is 0 Å². The van der Waals surface area contributed by atoms with E-state index in [1.165, 1.54) is 141 Å². The van der Waals surface area contributed by atoms with Crippen molar-refractivity contribution in [3.63, 3.8) is 0 Å². The van der Waals surface area contributed by atoms with Crippen LogP contribution >= 0.6 is 22.7 Å². The Morgan fingerprint density at radius 2 is 0.986 bits per heavy atom. The molecule has 0 amide bonds. The lowest BCUT2D eigenvalue weighted by atomic mass is 9.35.